The van der Waals surface area contributed by atoms with Crippen LogP contribution in [0.1, 0.15) is 63.4 Å². The van der Waals surface area contributed by atoms with E-state index >= 15 is 0 Å². The number of unbranched alkanes of at least 4 members (excludes halogenated alkanes) is 4. The summed E-state index contributed by atoms with van der Waals surface area (Å²) in [6.45, 7) is 1.22. The lowest BCUT2D eigenvalue weighted by Gasteiger charge is -2.31. The molecule has 0 radical (unpaired) electrons. The zero-order valence-corrected chi connectivity index (χ0v) is 24.4. The number of nitrogens with zero attached hydrogens (tertiary/aromatic N) is 1. The quantitative estimate of drug-likeness (QED) is 0.150. The molecule has 12 heteroatoms. The minimum atomic E-state index is -1.16. The molecule has 1 saturated heterocycles. The molecule has 1 aromatic rings. The molecule has 2 rings (SSSR count). The number of carboxylic acid groups (broad SMARTS) is 1. The van der Waals surface area contributed by atoms with Crippen LogP contribution in [0.25, 0.3) is 0 Å². The first-order chi connectivity index (χ1) is 19.2. The lowest BCUT2D eigenvalue weighted by atomic mass is 10.1. The van der Waals surface area contributed by atoms with E-state index in [1.807, 2.05) is 19.4 Å². The van der Waals surface area contributed by atoms with Crippen molar-refractivity contribution in [3.8, 4) is 5.75 Å². The van der Waals surface area contributed by atoms with Crippen LogP contribution in [0.4, 0.5) is 5.69 Å². The molecule has 4 atom stereocenters. The number of aldehydes is 1. The third kappa shape index (κ3) is 11.4. The maximum absolute atomic E-state index is 12.7. The van der Waals surface area contributed by atoms with E-state index in [-0.39, 0.29) is 36.3 Å². The summed E-state index contributed by atoms with van der Waals surface area (Å²) in [5, 5.41) is 25.0. The van der Waals surface area contributed by atoms with Gasteiger partial charge in [0, 0.05) is 45.8 Å². The highest BCUT2D eigenvalue weighted by Crippen LogP contribution is 2.30. The van der Waals surface area contributed by atoms with Crippen molar-refractivity contribution in [2.45, 2.75) is 88.1 Å². The maximum atomic E-state index is 12.7. The monoisotopic (exact) mass is 581 g/mol. The summed E-state index contributed by atoms with van der Waals surface area (Å²) in [6.07, 6.45) is 4.61. The molecule has 1 fully saturated rings. The number of carboxylic acids is 1. The molecule has 11 nitrogen and oxygen atoms in total. The van der Waals surface area contributed by atoms with Gasteiger partial charge in [-0.15, -0.1) is 0 Å². The van der Waals surface area contributed by atoms with Gasteiger partial charge in [0.2, 0.25) is 18.1 Å². The molecule has 0 saturated carbocycles. The predicted molar refractivity (Wildman–Crippen MR) is 153 cm³/mol. The van der Waals surface area contributed by atoms with Gasteiger partial charge < -0.3 is 40.0 Å². The summed E-state index contributed by atoms with van der Waals surface area (Å²) in [7, 11) is 3.58. The predicted octanol–water partition coefficient (Wildman–Crippen LogP) is 2.79. The van der Waals surface area contributed by atoms with E-state index in [1.165, 1.54) is 11.8 Å². The van der Waals surface area contributed by atoms with Gasteiger partial charge in [0.25, 0.3) is 0 Å². The Morgan fingerprint density at radius 1 is 1.20 bits per heavy atom. The van der Waals surface area contributed by atoms with E-state index in [4.69, 9.17) is 9.47 Å². The number of amides is 2. The number of aliphatic carboxylic acids is 1. The molecule has 0 aliphatic carbocycles. The largest absolute Gasteiger partial charge is 0.479 e. The van der Waals surface area contributed by atoms with Crippen molar-refractivity contribution < 1.29 is 38.9 Å². The van der Waals surface area contributed by atoms with Crippen LogP contribution in [-0.4, -0.2) is 89.8 Å². The molecular weight excluding hydrogens is 538 g/mol. The summed E-state index contributed by atoms with van der Waals surface area (Å²) < 4.78 is 11.4. The highest BCUT2D eigenvalue weighted by molar-refractivity contribution is 7.99. The number of hydrogen-bond donors (Lipinski definition) is 4. The molecule has 224 valence electrons. The van der Waals surface area contributed by atoms with E-state index in [9.17, 15) is 29.4 Å². The number of benzene rings is 1. The Labute approximate surface area is 240 Å². The van der Waals surface area contributed by atoms with Crippen molar-refractivity contribution in [3.05, 3.63) is 23.8 Å². The molecule has 1 aliphatic heterocycles. The Balaban J connectivity index is 1.81. The smallest absolute Gasteiger partial charge is 0.333 e. The van der Waals surface area contributed by atoms with Crippen LogP contribution in [0, 0.1) is 0 Å². The number of carbonyl (C=O) groups excluding carboxylic acids is 3. The van der Waals surface area contributed by atoms with Gasteiger partial charge in [-0.05, 0) is 43.8 Å². The topological polar surface area (TPSA) is 154 Å². The first-order valence-electron chi connectivity index (χ1n) is 13.7. The van der Waals surface area contributed by atoms with Gasteiger partial charge in [0.15, 0.2) is 6.10 Å². The molecule has 0 spiro atoms. The number of anilines is 1. The minimum absolute atomic E-state index is 0.00535. The Hall–Kier alpha value is -2.67. The summed E-state index contributed by atoms with van der Waals surface area (Å²) in [5.74, 6) is -1.01. The summed E-state index contributed by atoms with van der Waals surface area (Å²) >= 11 is 1.39. The van der Waals surface area contributed by atoms with Crippen molar-refractivity contribution in [1.82, 2.24) is 10.2 Å². The second-order valence-electron chi connectivity index (χ2n) is 9.95. The first kappa shape index (κ1) is 33.5. The summed E-state index contributed by atoms with van der Waals surface area (Å²) in [5.41, 5.74) is 1.38. The number of carbonyl (C=O) groups is 4. The second kappa shape index (κ2) is 17.9. The van der Waals surface area contributed by atoms with Crippen LogP contribution in [0.5, 0.6) is 5.75 Å². The average Bonchev–Trinajstić information content (AvgIpc) is 2.91. The van der Waals surface area contributed by atoms with E-state index < -0.39 is 24.5 Å². The third-order valence-electron chi connectivity index (χ3n) is 6.64. The fourth-order valence-corrected chi connectivity index (χ4v) is 5.10. The minimum Gasteiger partial charge on any atom is -0.479 e. The Morgan fingerprint density at radius 3 is 2.60 bits per heavy atom. The SMILES string of the molecule is CNCc1ccc(OC2CC(O)CC(C(=O)O)O2)c(NC(=O)CCCCCCCN(C)C(=O)C(CC=O)SC)c1. The zero-order valence-electron chi connectivity index (χ0n) is 23.6. The molecule has 4 unspecified atom stereocenters. The number of ether oxygens (including phenoxy) is 2. The molecule has 1 aliphatic rings. The van der Waals surface area contributed by atoms with Crippen molar-refractivity contribution in [3.63, 3.8) is 0 Å². The first-order valence-corrected chi connectivity index (χ1v) is 15.0. The molecule has 2 amide bonds. The molecular formula is C28H43N3O8S. The lowest BCUT2D eigenvalue weighted by molar-refractivity contribution is -0.195. The number of rotatable bonds is 18. The van der Waals surface area contributed by atoms with Crippen LogP contribution in [0.15, 0.2) is 18.2 Å². The van der Waals surface area contributed by atoms with Crippen LogP contribution in [-0.2, 0) is 30.5 Å². The van der Waals surface area contributed by atoms with Crippen molar-refractivity contribution >= 4 is 41.5 Å². The van der Waals surface area contributed by atoms with Crippen LogP contribution in [0.3, 0.4) is 0 Å². The number of aliphatic hydroxyl groups is 1. The molecule has 4 N–H and O–H groups in total. The number of aliphatic hydroxyl groups excluding tert-OH is 1. The van der Waals surface area contributed by atoms with Gasteiger partial charge in [0.1, 0.15) is 12.0 Å². The van der Waals surface area contributed by atoms with Crippen molar-refractivity contribution in [2.24, 2.45) is 0 Å². The van der Waals surface area contributed by atoms with Gasteiger partial charge in [-0.25, -0.2) is 4.79 Å². The molecule has 40 heavy (non-hydrogen) atoms. The zero-order chi connectivity index (χ0) is 29.5. The normalized spacial score (nSPS) is 19.4. The standard InChI is InChI=1S/C28H43N3O8S/c1-29-18-19-10-11-22(38-26-17-20(33)16-23(39-26)28(36)37)21(15-19)30-25(34)9-7-5-4-6-8-13-31(2)27(35)24(40-3)12-14-32/h10-11,14-15,20,23-24,26,29,33H,4-9,12-13,16-18H2,1-3H3,(H,30,34)(H,36,37). The van der Waals surface area contributed by atoms with Crippen molar-refractivity contribution in [1.29, 1.82) is 0 Å². The molecule has 1 aromatic carbocycles. The Morgan fingerprint density at radius 2 is 1.93 bits per heavy atom. The maximum Gasteiger partial charge on any atom is 0.333 e. The highest BCUT2D eigenvalue weighted by atomic mass is 32.2. The molecule has 1 heterocycles. The summed E-state index contributed by atoms with van der Waals surface area (Å²) in [6, 6.07) is 5.33. The van der Waals surface area contributed by atoms with E-state index in [2.05, 4.69) is 10.6 Å². The second-order valence-corrected chi connectivity index (χ2v) is 11.0. The summed E-state index contributed by atoms with van der Waals surface area (Å²) in [4.78, 5) is 48.8. The van der Waals surface area contributed by atoms with Gasteiger partial charge in [0.05, 0.1) is 17.0 Å². The molecule has 0 aromatic heterocycles. The number of hydrogen-bond acceptors (Lipinski definition) is 9. The van der Waals surface area contributed by atoms with Crippen LogP contribution < -0.4 is 15.4 Å². The van der Waals surface area contributed by atoms with E-state index in [1.54, 1.807) is 24.1 Å². The average molecular weight is 582 g/mol. The van der Waals surface area contributed by atoms with Gasteiger partial charge >= 0.3 is 5.97 Å². The van der Waals surface area contributed by atoms with E-state index in [0.29, 0.717) is 37.4 Å². The lowest BCUT2D eigenvalue weighted by Crippen LogP contribution is -2.42. The van der Waals surface area contributed by atoms with E-state index in [0.717, 1.165) is 37.5 Å². The van der Waals surface area contributed by atoms with Gasteiger partial charge in [-0.1, -0.05) is 25.3 Å². The Bertz CT molecular complexity index is 979. The Kier molecular flexibility index (Phi) is 15.0. The third-order valence-corrected chi connectivity index (χ3v) is 7.61. The van der Waals surface area contributed by atoms with Crippen LogP contribution >= 0.6 is 11.8 Å². The van der Waals surface area contributed by atoms with Gasteiger partial charge in [-0.3, -0.25) is 9.59 Å². The van der Waals surface area contributed by atoms with Crippen LogP contribution in [0.2, 0.25) is 0 Å². The fraction of sp³-hybridized carbons (Fsp3) is 0.643. The highest BCUT2D eigenvalue weighted by Gasteiger charge is 2.34. The van der Waals surface area contributed by atoms with Crippen molar-refractivity contribution in [2.75, 3.05) is 32.2 Å². The number of thioether (sulfide) groups is 1. The molecule has 0 bridgehead atoms. The fourth-order valence-electron chi connectivity index (χ4n) is 4.45. The van der Waals surface area contributed by atoms with Gasteiger partial charge in [-0.2, -0.15) is 11.8 Å². The number of nitrogens with one attached hydrogen (secondary N) is 2.